The Morgan fingerprint density at radius 3 is 2.71 bits per heavy atom. The predicted molar refractivity (Wildman–Crippen MR) is 124 cm³/mol. The minimum absolute atomic E-state index is 0.00219. The number of aryl methyl sites for hydroxylation is 1. The number of carbonyl (C=O) groups excluding carboxylic acids is 1. The molecule has 0 atom stereocenters. The van der Waals surface area contributed by atoms with Crippen LogP contribution in [0.1, 0.15) is 21.5 Å². The van der Waals surface area contributed by atoms with E-state index < -0.39 is 11.5 Å². The number of hydrogen-bond donors (Lipinski definition) is 1. The van der Waals surface area contributed by atoms with Crippen molar-refractivity contribution in [2.24, 2.45) is 12.1 Å². The number of para-hydroxylation sites is 1. The van der Waals surface area contributed by atoms with Crippen LogP contribution in [0.4, 0.5) is 0 Å². The summed E-state index contributed by atoms with van der Waals surface area (Å²) in [6, 6.07) is 16.1. The van der Waals surface area contributed by atoms with Gasteiger partial charge in [-0.1, -0.05) is 47.5 Å². The molecule has 1 N–H and O–H groups in total. The number of pyridine rings is 1. The molecule has 0 saturated heterocycles. The normalized spacial score (nSPS) is 11.3. The molecular weight excluding hydrogens is 435 g/mol. The van der Waals surface area contributed by atoms with Gasteiger partial charge in [0.2, 0.25) is 0 Å². The number of carbonyl (C=O) groups is 1. The van der Waals surface area contributed by atoms with Crippen LogP contribution >= 0.6 is 23.2 Å². The van der Waals surface area contributed by atoms with Crippen LogP contribution < -0.4 is 11.0 Å². The molecule has 2 heterocycles. The van der Waals surface area contributed by atoms with Crippen molar-refractivity contribution in [3.8, 4) is 0 Å². The van der Waals surface area contributed by atoms with Gasteiger partial charge in [-0.15, -0.1) is 0 Å². The van der Waals surface area contributed by atoms with Gasteiger partial charge in [0.25, 0.3) is 11.5 Å². The summed E-state index contributed by atoms with van der Waals surface area (Å²) in [7, 11) is 1.94. The summed E-state index contributed by atoms with van der Waals surface area (Å²) in [6.45, 7) is 0.260. The molecule has 4 aromatic rings. The number of rotatable bonds is 5. The van der Waals surface area contributed by atoms with Crippen molar-refractivity contribution in [1.29, 1.82) is 0 Å². The molecule has 156 valence electrons. The molecule has 6 nitrogen and oxygen atoms in total. The Morgan fingerprint density at radius 1 is 1.10 bits per heavy atom. The zero-order valence-electron chi connectivity index (χ0n) is 16.5. The van der Waals surface area contributed by atoms with Crippen LogP contribution in [0.15, 0.2) is 76.9 Å². The molecule has 0 aliphatic heterocycles. The van der Waals surface area contributed by atoms with Crippen molar-refractivity contribution in [2.45, 2.75) is 6.54 Å². The van der Waals surface area contributed by atoms with Gasteiger partial charge in [0.15, 0.2) is 0 Å². The van der Waals surface area contributed by atoms with E-state index in [1.807, 2.05) is 42.1 Å². The van der Waals surface area contributed by atoms with Crippen molar-refractivity contribution in [3.63, 3.8) is 0 Å². The van der Waals surface area contributed by atoms with E-state index in [1.165, 1.54) is 10.6 Å². The van der Waals surface area contributed by atoms with Gasteiger partial charge < -0.3 is 9.13 Å². The molecule has 2 aromatic carbocycles. The van der Waals surface area contributed by atoms with E-state index in [2.05, 4.69) is 10.5 Å². The molecule has 0 aliphatic rings. The lowest BCUT2D eigenvalue weighted by atomic mass is 10.2. The number of fused-ring (bicyclic) bond motifs is 1. The molecule has 0 fully saturated rings. The lowest BCUT2D eigenvalue weighted by molar-refractivity contribution is 0.0953. The van der Waals surface area contributed by atoms with E-state index in [0.29, 0.717) is 10.0 Å². The van der Waals surface area contributed by atoms with Gasteiger partial charge in [-0.05, 0) is 35.9 Å². The maximum absolute atomic E-state index is 12.8. The maximum Gasteiger partial charge on any atom is 0.276 e. The SMILES string of the molecule is Cn1cc(/C=N\NC(=O)c2cccn(Cc3ccc(Cl)c(Cl)c3)c2=O)c2ccccc21. The topological polar surface area (TPSA) is 68.4 Å². The van der Waals surface area contributed by atoms with Crippen LogP contribution in [0.25, 0.3) is 10.9 Å². The number of nitrogens with one attached hydrogen (secondary N) is 1. The summed E-state index contributed by atoms with van der Waals surface area (Å²) in [4.78, 5) is 25.3. The zero-order valence-corrected chi connectivity index (χ0v) is 18.1. The van der Waals surface area contributed by atoms with Crippen LogP contribution in [0, 0.1) is 0 Å². The second-order valence-corrected chi connectivity index (χ2v) is 7.83. The van der Waals surface area contributed by atoms with Crippen LogP contribution in [0.3, 0.4) is 0 Å². The number of nitrogens with zero attached hydrogens (tertiary/aromatic N) is 3. The van der Waals surface area contributed by atoms with E-state index in [0.717, 1.165) is 22.0 Å². The first-order chi connectivity index (χ1) is 14.9. The number of halogens is 2. The first-order valence-corrected chi connectivity index (χ1v) is 10.2. The lowest BCUT2D eigenvalue weighted by Crippen LogP contribution is -2.30. The molecule has 4 rings (SSSR count). The first kappa shape index (κ1) is 20.9. The van der Waals surface area contributed by atoms with Gasteiger partial charge in [0.05, 0.1) is 22.8 Å². The van der Waals surface area contributed by atoms with Gasteiger partial charge in [-0.25, -0.2) is 5.43 Å². The molecule has 0 aliphatic carbocycles. The molecule has 1 amide bonds. The van der Waals surface area contributed by atoms with E-state index in [-0.39, 0.29) is 12.1 Å². The molecule has 0 bridgehead atoms. The summed E-state index contributed by atoms with van der Waals surface area (Å²) in [5.74, 6) is -0.579. The molecule has 0 spiro atoms. The summed E-state index contributed by atoms with van der Waals surface area (Å²) in [5, 5.41) is 5.91. The quantitative estimate of drug-likeness (QED) is 0.358. The molecule has 0 radical (unpaired) electrons. The molecular formula is C23H18Cl2N4O2. The highest BCUT2D eigenvalue weighted by molar-refractivity contribution is 6.42. The van der Waals surface area contributed by atoms with Crippen LogP contribution in [0.5, 0.6) is 0 Å². The summed E-state index contributed by atoms with van der Waals surface area (Å²) in [6.07, 6.45) is 5.10. The Bertz CT molecular complexity index is 1370. The van der Waals surface area contributed by atoms with Crippen molar-refractivity contribution in [1.82, 2.24) is 14.6 Å². The van der Waals surface area contributed by atoms with Gasteiger partial charge in [0, 0.05) is 35.9 Å². The fourth-order valence-corrected chi connectivity index (χ4v) is 3.69. The van der Waals surface area contributed by atoms with Gasteiger partial charge in [-0.3, -0.25) is 9.59 Å². The van der Waals surface area contributed by atoms with E-state index in [9.17, 15) is 9.59 Å². The molecule has 2 aromatic heterocycles. The van der Waals surface area contributed by atoms with Gasteiger partial charge in [0.1, 0.15) is 5.56 Å². The van der Waals surface area contributed by atoms with Crippen LogP contribution in [-0.4, -0.2) is 21.3 Å². The first-order valence-electron chi connectivity index (χ1n) is 9.45. The standard InChI is InChI=1S/C23H18Cl2N4O2/c1-28-14-16(17-5-2-3-7-21(17)28)12-26-27-22(30)18-6-4-10-29(23(18)31)13-15-8-9-19(24)20(25)11-15/h2-12,14H,13H2,1H3,(H,27,30)/b26-12-. The third-order valence-corrected chi connectivity index (χ3v) is 5.64. The van der Waals surface area contributed by atoms with Crippen LogP contribution in [-0.2, 0) is 13.6 Å². The Balaban J connectivity index is 1.52. The second-order valence-electron chi connectivity index (χ2n) is 7.02. The van der Waals surface area contributed by atoms with Crippen molar-refractivity contribution in [3.05, 3.63) is 104 Å². The second kappa shape index (κ2) is 8.79. The average Bonchev–Trinajstić information content (AvgIpc) is 3.08. The van der Waals surface area contributed by atoms with Gasteiger partial charge >= 0.3 is 0 Å². The Hall–Kier alpha value is -3.35. The zero-order chi connectivity index (χ0) is 22.0. The highest BCUT2D eigenvalue weighted by atomic mass is 35.5. The van der Waals surface area contributed by atoms with Crippen molar-refractivity contribution in [2.75, 3.05) is 0 Å². The predicted octanol–water partition coefficient (Wildman–Crippen LogP) is 4.46. The summed E-state index contributed by atoms with van der Waals surface area (Å²) in [5.41, 5.74) is 4.73. The molecule has 31 heavy (non-hydrogen) atoms. The number of hydrogen-bond acceptors (Lipinski definition) is 3. The Morgan fingerprint density at radius 2 is 1.90 bits per heavy atom. The fourth-order valence-electron chi connectivity index (χ4n) is 3.37. The lowest BCUT2D eigenvalue weighted by Gasteiger charge is -2.08. The van der Waals surface area contributed by atoms with E-state index >= 15 is 0 Å². The minimum atomic E-state index is -0.579. The fraction of sp³-hybridized carbons (Fsp3) is 0.0870. The summed E-state index contributed by atoms with van der Waals surface area (Å²) >= 11 is 12.0. The van der Waals surface area contributed by atoms with E-state index in [1.54, 1.807) is 36.7 Å². The Labute approximate surface area is 188 Å². The highest BCUT2D eigenvalue weighted by Gasteiger charge is 2.12. The number of aromatic nitrogens is 2. The maximum atomic E-state index is 12.8. The van der Waals surface area contributed by atoms with Crippen LogP contribution in [0.2, 0.25) is 10.0 Å². The number of benzene rings is 2. The van der Waals surface area contributed by atoms with Crippen molar-refractivity contribution >= 4 is 46.2 Å². The van der Waals surface area contributed by atoms with Crippen molar-refractivity contribution < 1.29 is 4.79 Å². The minimum Gasteiger partial charge on any atom is -0.350 e. The summed E-state index contributed by atoms with van der Waals surface area (Å²) < 4.78 is 3.42. The Kier molecular flexibility index (Phi) is 5.93. The average molecular weight is 453 g/mol. The van der Waals surface area contributed by atoms with E-state index in [4.69, 9.17) is 23.2 Å². The largest absolute Gasteiger partial charge is 0.350 e. The smallest absolute Gasteiger partial charge is 0.276 e. The highest BCUT2D eigenvalue weighted by Crippen LogP contribution is 2.23. The third kappa shape index (κ3) is 4.40. The number of amides is 1. The molecule has 8 heteroatoms. The molecule has 0 unspecified atom stereocenters. The molecule has 0 saturated carbocycles. The monoisotopic (exact) mass is 452 g/mol. The number of hydrazone groups is 1. The van der Waals surface area contributed by atoms with Gasteiger partial charge in [-0.2, -0.15) is 5.10 Å². The third-order valence-electron chi connectivity index (χ3n) is 4.90.